The van der Waals surface area contributed by atoms with Gasteiger partial charge in [0.1, 0.15) is 5.75 Å². The molecule has 0 unspecified atom stereocenters. The largest absolute Gasteiger partial charge is 0.496 e. The Morgan fingerprint density at radius 2 is 1.87 bits per heavy atom. The van der Waals surface area contributed by atoms with Crippen molar-refractivity contribution < 1.29 is 4.74 Å². The van der Waals surface area contributed by atoms with E-state index in [1.165, 1.54) is 16.7 Å². The molecule has 0 aromatic rings. The summed E-state index contributed by atoms with van der Waals surface area (Å²) in [6.07, 6.45) is 0. The molecule has 15 heavy (non-hydrogen) atoms. The van der Waals surface area contributed by atoms with Gasteiger partial charge in [-0.2, -0.15) is 0 Å². The molecule has 0 bridgehead atoms. The van der Waals surface area contributed by atoms with E-state index in [0.29, 0.717) is 5.92 Å². The van der Waals surface area contributed by atoms with Crippen LogP contribution in [0.25, 0.3) is 11.1 Å². The fraction of sp³-hybridized carbons (Fsp3) is 0.286. The van der Waals surface area contributed by atoms with Crippen molar-refractivity contribution in [2.24, 2.45) is 0 Å². The molecule has 0 radical (unpaired) electrons. The number of ether oxygens (including phenoxy) is 1. The fourth-order valence-electron chi connectivity index (χ4n) is 1.79. The monoisotopic (exact) mass is 200 g/mol. The van der Waals surface area contributed by atoms with Crippen molar-refractivity contribution in [3.63, 3.8) is 0 Å². The summed E-state index contributed by atoms with van der Waals surface area (Å²) in [7, 11) is 1.73. The van der Waals surface area contributed by atoms with Crippen LogP contribution in [0.1, 0.15) is 25.3 Å². The summed E-state index contributed by atoms with van der Waals surface area (Å²) in [5.74, 6) is 1.49. The Morgan fingerprint density at radius 3 is 2.53 bits per heavy atom. The predicted molar refractivity (Wildman–Crippen MR) is 63.7 cm³/mol. The van der Waals surface area contributed by atoms with Crippen molar-refractivity contribution in [1.82, 2.24) is 0 Å². The zero-order chi connectivity index (χ0) is 10.8. The minimum Gasteiger partial charge on any atom is -0.496 e. The van der Waals surface area contributed by atoms with Crippen LogP contribution in [0.2, 0.25) is 0 Å². The summed E-state index contributed by atoms with van der Waals surface area (Å²) in [6, 6.07) is 12.7. The number of rotatable bonds is 2. The molecule has 0 aromatic heterocycles. The van der Waals surface area contributed by atoms with Gasteiger partial charge in [0.25, 0.3) is 0 Å². The Bertz CT molecular complexity index is 432. The Kier molecular flexibility index (Phi) is 2.63. The van der Waals surface area contributed by atoms with Crippen LogP contribution in [0.5, 0.6) is 5.75 Å². The van der Waals surface area contributed by atoms with Crippen LogP contribution in [0.4, 0.5) is 0 Å². The normalized spacial score (nSPS) is 10.9. The highest BCUT2D eigenvalue weighted by Crippen LogP contribution is 2.33. The zero-order valence-corrected chi connectivity index (χ0v) is 9.45. The van der Waals surface area contributed by atoms with Crippen LogP contribution < -0.4 is 4.74 Å². The third-order valence-electron chi connectivity index (χ3n) is 2.75. The van der Waals surface area contributed by atoms with Gasteiger partial charge in [-0.3, -0.25) is 0 Å². The minimum absolute atomic E-state index is 0.524. The lowest BCUT2D eigenvalue weighted by molar-refractivity contribution is 0.416. The third-order valence-corrected chi connectivity index (χ3v) is 2.75. The van der Waals surface area contributed by atoms with Crippen LogP contribution in [0, 0.1) is 0 Å². The van der Waals surface area contributed by atoms with Crippen LogP contribution in [-0.4, -0.2) is 7.11 Å². The minimum atomic E-state index is 0.524. The molecule has 2 aliphatic carbocycles. The first-order valence-corrected chi connectivity index (χ1v) is 5.29. The number of hydrogen-bond acceptors (Lipinski definition) is 1. The van der Waals surface area contributed by atoms with Crippen molar-refractivity contribution in [2.75, 3.05) is 7.11 Å². The number of methoxy groups -OCH3 is 1. The second-order valence-electron chi connectivity index (χ2n) is 4.10. The average molecular weight is 200 g/mol. The molecule has 0 heterocycles. The third kappa shape index (κ3) is 1.82. The molecule has 1 heteroatoms. The van der Waals surface area contributed by atoms with Gasteiger partial charge < -0.3 is 4.74 Å². The summed E-state index contributed by atoms with van der Waals surface area (Å²) in [5.41, 5.74) is 3.73. The number of hydrogen-bond donors (Lipinski definition) is 0. The lowest BCUT2D eigenvalue weighted by Gasteiger charge is -2.04. The maximum Gasteiger partial charge on any atom is 0.126 e. The van der Waals surface area contributed by atoms with Crippen LogP contribution in [-0.2, 0) is 0 Å². The van der Waals surface area contributed by atoms with Crippen LogP contribution >= 0.6 is 0 Å². The van der Waals surface area contributed by atoms with E-state index in [9.17, 15) is 0 Å². The molecule has 1 nitrogen and oxygen atoms in total. The summed E-state index contributed by atoms with van der Waals surface area (Å²) < 4.78 is 5.44. The van der Waals surface area contributed by atoms with Gasteiger partial charge in [-0.05, 0) is 23.1 Å². The molecule has 0 saturated carbocycles. The van der Waals surface area contributed by atoms with E-state index in [1.807, 2.05) is 0 Å². The van der Waals surface area contributed by atoms with E-state index in [2.05, 4.69) is 50.2 Å². The standard InChI is InChI=1S/C14H16O/c1-10(2)12-8-7-11-5-4-6-13(11)14(9-12)15-3/h4-10H,1-3H3. The molecular formula is C14H16O. The van der Waals surface area contributed by atoms with Gasteiger partial charge in [0.05, 0.1) is 7.11 Å². The van der Waals surface area contributed by atoms with Gasteiger partial charge in [-0.15, -0.1) is 0 Å². The summed E-state index contributed by atoms with van der Waals surface area (Å²) in [4.78, 5) is 0. The summed E-state index contributed by atoms with van der Waals surface area (Å²) in [6.45, 7) is 4.39. The molecule has 2 aliphatic rings. The molecule has 0 N–H and O–H groups in total. The summed E-state index contributed by atoms with van der Waals surface area (Å²) in [5, 5.41) is 0. The van der Waals surface area contributed by atoms with E-state index >= 15 is 0 Å². The average Bonchev–Trinajstić information content (AvgIpc) is 2.59. The van der Waals surface area contributed by atoms with Crippen molar-refractivity contribution in [2.45, 2.75) is 19.8 Å². The smallest absolute Gasteiger partial charge is 0.126 e. The van der Waals surface area contributed by atoms with E-state index in [-0.39, 0.29) is 0 Å². The highest BCUT2D eigenvalue weighted by atomic mass is 16.5. The molecule has 0 saturated heterocycles. The topological polar surface area (TPSA) is 9.23 Å². The Balaban J connectivity index is 2.65. The maximum absolute atomic E-state index is 5.44. The molecule has 0 fully saturated rings. The van der Waals surface area contributed by atoms with Crippen LogP contribution in [0.15, 0.2) is 36.4 Å². The SMILES string of the molecule is COc1cc(C(C)C)ccc2cccc1-2. The van der Waals surface area contributed by atoms with Crippen LogP contribution in [0.3, 0.4) is 0 Å². The Morgan fingerprint density at radius 1 is 1.07 bits per heavy atom. The zero-order valence-electron chi connectivity index (χ0n) is 9.45. The van der Waals surface area contributed by atoms with E-state index in [4.69, 9.17) is 4.74 Å². The summed E-state index contributed by atoms with van der Waals surface area (Å²) >= 11 is 0. The van der Waals surface area contributed by atoms with Crippen molar-refractivity contribution in [3.8, 4) is 16.9 Å². The van der Waals surface area contributed by atoms with Crippen molar-refractivity contribution in [1.29, 1.82) is 0 Å². The second kappa shape index (κ2) is 3.93. The fourth-order valence-corrected chi connectivity index (χ4v) is 1.79. The molecule has 0 atom stereocenters. The molecule has 0 aromatic carbocycles. The first kappa shape index (κ1) is 10.0. The predicted octanol–water partition coefficient (Wildman–Crippen LogP) is 3.92. The molecule has 0 amide bonds. The second-order valence-corrected chi connectivity index (χ2v) is 4.10. The maximum atomic E-state index is 5.44. The van der Waals surface area contributed by atoms with E-state index in [1.54, 1.807) is 7.11 Å². The lowest BCUT2D eigenvalue weighted by Crippen LogP contribution is -1.86. The first-order chi connectivity index (χ1) is 7.22. The van der Waals surface area contributed by atoms with E-state index < -0.39 is 0 Å². The van der Waals surface area contributed by atoms with Crippen molar-refractivity contribution in [3.05, 3.63) is 42.0 Å². The highest BCUT2D eigenvalue weighted by molar-refractivity contribution is 5.72. The van der Waals surface area contributed by atoms with E-state index in [0.717, 1.165) is 5.75 Å². The van der Waals surface area contributed by atoms with Gasteiger partial charge >= 0.3 is 0 Å². The molecule has 2 rings (SSSR count). The van der Waals surface area contributed by atoms with Gasteiger partial charge in [-0.25, -0.2) is 0 Å². The first-order valence-electron chi connectivity index (χ1n) is 5.29. The quantitative estimate of drug-likeness (QED) is 0.713. The van der Waals surface area contributed by atoms with Gasteiger partial charge in [0.2, 0.25) is 0 Å². The molecule has 0 aliphatic heterocycles. The van der Waals surface area contributed by atoms with Gasteiger partial charge in [0, 0.05) is 5.56 Å². The van der Waals surface area contributed by atoms with Gasteiger partial charge in [-0.1, -0.05) is 44.2 Å². The Hall–Kier alpha value is -1.50. The number of fused-ring (bicyclic) bond motifs is 1. The molecular weight excluding hydrogens is 184 g/mol. The molecule has 78 valence electrons. The van der Waals surface area contributed by atoms with Gasteiger partial charge in [0.15, 0.2) is 0 Å². The highest BCUT2D eigenvalue weighted by Gasteiger charge is 2.08. The Labute approximate surface area is 91.0 Å². The lowest BCUT2D eigenvalue weighted by atomic mass is 10.1. The molecule has 0 spiro atoms. The van der Waals surface area contributed by atoms with Crippen molar-refractivity contribution >= 4 is 0 Å².